The fraction of sp³-hybridized carbons (Fsp3) is 0.692. The molecule has 1 N–H and O–H groups in total. The van der Waals surface area contributed by atoms with Crippen molar-refractivity contribution in [2.75, 3.05) is 7.11 Å². The average molecular weight is 624 g/mol. The van der Waals surface area contributed by atoms with Crippen molar-refractivity contribution in [2.45, 2.75) is 125 Å². The summed E-state index contributed by atoms with van der Waals surface area (Å²) in [7, 11) is 1.27. The van der Waals surface area contributed by atoms with E-state index in [2.05, 4.69) is 66.4 Å². The molecule has 6 heteroatoms. The average Bonchev–Trinajstić information content (AvgIpc) is 3.28. The molecule has 250 valence electrons. The summed E-state index contributed by atoms with van der Waals surface area (Å²) in [6.45, 7) is 26.4. The number of benzene rings is 1. The Labute approximate surface area is 271 Å². The Morgan fingerprint density at radius 1 is 1.07 bits per heavy atom. The van der Waals surface area contributed by atoms with Gasteiger partial charge in [0.15, 0.2) is 0 Å². The molecule has 1 amide bonds. The van der Waals surface area contributed by atoms with E-state index in [0.29, 0.717) is 17.8 Å². The van der Waals surface area contributed by atoms with Gasteiger partial charge < -0.3 is 14.8 Å². The van der Waals surface area contributed by atoms with Crippen LogP contribution in [0.15, 0.2) is 36.4 Å². The number of methoxy groups -OCH3 is 1. The van der Waals surface area contributed by atoms with Crippen LogP contribution in [-0.2, 0) is 9.47 Å². The number of hydrogen-bond donors (Lipinski definition) is 1. The molecule has 0 aromatic heterocycles. The number of esters is 1. The standard InChI is InChI=1S/C39H58FNO4/c1-13-29-32-27(24(2)3)17-19-39(32,41-34(43)45-35(5,6)7)21-20-38(29,11)37(10)18-16-25(4)36(8,9)30(23-37)26-14-15-28(31(40)22-26)33(42)44-12/h14-15,22-23,25,27,29,32H,2,13,16-21H2,1,3-12H3,(H,41,43)/t25-,27-,29+,32+,37?,38+,39-/m0/s1. The number of fused-ring (bicyclic) bond motifs is 1. The molecule has 45 heavy (non-hydrogen) atoms. The predicted molar refractivity (Wildman–Crippen MR) is 180 cm³/mol. The SMILES string of the molecule is C=C(C)[C@@H]1CC[C@]2(NC(=O)OC(C)(C)C)CC[C@@](C)(C3(C)C=C(c4ccc(C(=O)OC)c(F)c4)C(C)(C)[C@@H](C)CC3)[C@H](CC)[C@@H]12. The number of amides is 1. The third kappa shape index (κ3) is 6.24. The lowest BCUT2D eigenvalue weighted by Gasteiger charge is -2.60. The van der Waals surface area contributed by atoms with Gasteiger partial charge in [-0.1, -0.05) is 72.3 Å². The summed E-state index contributed by atoms with van der Waals surface area (Å²) >= 11 is 0. The summed E-state index contributed by atoms with van der Waals surface area (Å²) in [6, 6.07) is 4.96. The van der Waals surface area contributed by atoms with E-state index in [1.54, 1.807) is 6.07 Å². The summed E-state index contributed by atoms with van der Waals surface area (Å²) in [6.07, 6.45) is 8.99. The lowest BCUT2D eigenvalue weighted by Crippen LogP contribution is -2.62. The normalized spacial score (nSPS) is 34.6. The van der Waals surface area contributed by atoms with Gasteiger partial charge in [-0.2, -0.15) is 0 Å². The summed E-state index contributed by atoms with van der Waals surface area (Å²) < 4.78 is 26.0. The number of carbonyl (C=O) groups excluding carboxylic acids is 2. The number of alkyl carbamates (subject to hydrolysis) is 1. The molecule has 0 radical (unpaired) electrons. The van der Waals surface area contributed by atoms with Gasteiger partial charge in [0.2, 0.25) is 0 Å². The van der Waals surface area contributed by atoms with Crippen LogP contribution in [0.25, 0.3) is 5.57 Å². The maximum absolute atomic E-state index is 15.4. The van der Waals surface area contributed by atoms with E-state index < -0.39 is 17.4 Å². The van der Waals surface area contributed by atoms with Gasteiger partial charge in [0, 0.05) is 5.54 Å². The molecule has 0 saturated heterocycles. The molecule has 2 saturated carbocycles. The highest BCUT2D eigenvalue weighted by molar-refractivity contribution is 5.90. The van der Waals surface area contributed by atoms with Gasteiger partial charge in [-0.15, -0.1) is 0 Å². The highest BCUT2D eigenvalue weighted by atomic mass is 19.1. The molecule has 1 aromatic rings. The molecule has 3 aliphatic rings. The Hall–Kier alpha value is -2.63. The number of ether oxygens (including phenoxy) is 2. The van der Waals surface area contributed by atoms with Gasteiger partial charge in [0.1, 0.15) is 11.4 Å². The molecule has 1 unspecified atom stereocenters. The van der Waals surface area contributed by atoms with Crippen LogP contribution in [0.2, 0.25) is 0 Å². The van der Waals surface area contributed by atoms with Crippen LogP contribution >= 0.6 is 0 Å². The maximum Gasteiger partial charge on any atom is 0.408 e. The molecule has 3 aliphatic carbocycles. The van der Waals surface area contributed by atoms with Crippen molar-refractivity contribution in [1.82, 2.24) is 5.32 Å². The van der Waals surface area contributed by atoms with Gasteiger partial charge >= 0.3 is 12.1 Å². The summed E-state index contributed by atoms with van der Waals surface area (Å²) in [5.41, 5.74) is 1.71. The highest BCUT2D eigenvalue weighted by Crippen LogP contribution is 2.67. The fourth-order valence-corrected chi connectivity index (χ4v) is 9.43. The van der Waals surface area contributed by atoms with Crippen LogP contribution in [0.4, 0.5) is 9.18 Å². The first-order valence-electron chi connectivity index (χ1n) is 17.0. The minimum absolute atomic E-state index is 0.0460. The monoisotopic (exact) mass is 623 g/mol. The molecular formula is C39H58FNO4. The number of hydrogen-bond acceptors (Lipinski definition) is 4. The molecule has 0 bridgehead atoms. The van der Waals surface area contributed by atoms with Crippen molar-refractivity contribution < 1.29 is 23.5 Å². The lowest BCUT2D eigenvalue weighted by atomic mass is 9.46. The van der Waals surface area contributed by atoms with Crippen molar-refractivity contribution in [3.63, 3.8) is 0 Å². The van der Waals surface area contributed by atoms with E-state index in [9.17, 15) is 9.59 Å². The van der Waals surface area contributed by atoms with E-state index in [1.165, 1.54) is 18.7 Å². The third-order valence-electron chi connectivity index (χ3n) is 12.6. The van der Waals surface area contributed by atoms with E-state index >= 15 is 4.39 Å². The van der Waals surface area contributed by atoms with E-state index in [0.717, 1.165) is 56.1 Å². The molecule has 2 fully saturated rings. The van der Waals surface area contributed by atoms with Crippen molar-refractivity contribution in [3.8, 4) is 0 Å². The zero-order valence-corrected chi connectivity index (χ0v) is 29.8. The second kappa shape index (κ2) is 12.2. The molecule has 0 heterocycles. The number of allylic oxidation sites excluding steroid dienone is 3. The molecule has 7 atom stereocenters. The minimum Gasteiger partial charge on any atom is -0.465 e. The quantitative estimate of drug-likeness (QED) is 0.253. The zero-order chi connectivity index (χ0) is 33.8. The number of rotatable bonds is 6. The second-order valence-electron chi connectivity index (χ2n) is 16.6. The molecule has 0 aliphatic heterocycles. The maximum atomic E-state index is 15.4. The summed E-state index contributed by atoms with van der Waals surface area (Å²) in [5, 5.41) is 3.45. The van der Waals surface area contributed by atoms with Gasteiger partial charge in [0.05, 0.1) is 12.7 Å². The predicted octanol–water partition coefficient (Wildman–Crippen LogP) is 10.2. The molecule has 5 nitrogen and oxygen atoms in total. The highest BCUT2D eigenvalue weighted by Gasteiger charge is 2.63. The van der Waals surface area contributed by atoms with Gasteiger partial charge in [-0.05, 0) is 129 Å². The van der Waals surface area contributed by atoms with E-state index in [-0.39, 0.29) is 39.4 Å². The molecule has 1 aromatic carbocycles. The van der Waals surface area contributed by atoms with E-state index in [4.69, 9.17) is 9.47 Å². The summed E-state index contributed by atoms with van der Waals surface area (Å²) in [5.74, 6) is 0.0203. The Morgan fingerprint density at radius 2 is 1.73 bits per heavy atom. The number of nitrogens with one attached hydrogen (secondary N) is 1. The summed E-state index contributed by atoms with van der Waals surface area (Å²) in [4.78, 5) is 25.5. The lowest BCUT2D eigenvalue weighted by molar-refractivity contribution is -0.0803. The number of halogens is 1. The van der Waals surface area contributed by atoms with Crippen molar-refractivity contribution in [3.05, 3.63) is 53.4 Å². The third-order valence-corrected chi connectivity index (χ3v) is 12.6. The van der Waals surface area contributed by atoms with Crippen molar-refractivity contribution in [1.29, 1.82) is 0 Å². The Morgan fingerprint density at radius 3 is 2.29 bits per heavy atom. The smallest absolute Gasteiger partial charge is 0.408 e. The van der Waals surface area contributed by atoms with Crippen LogP contribution in [0, 0.1) is 45.7 Å². The first-order valence-corrected chi connectivity index (χ1v) is 17.0. The van der Waals surface area contributed by atoms with Crippen molar-refractivity contribution in [2.24, 2.45) is 39.9 Å². The van der Waals surface area contributed by atoms with Gasteiger partial charge in [-0.25, -0.2) is 14.0 Å². The van der Waals surface area contributed by atoms with Gasteiger partial charge in [-0.3, -0.25) is 0 Å². The van der Waals surface area contributed by atoms with Crippen LogP contribution in [0.1, 0.15) is 130 Å². The topological polar surface area (TPSA) is 64.6 Å². The largest absolute Gasteiger partial charge is 0.465 e. The zero-order valence-electron chi connectivity index (χ0n) is 29.8. The Bertz CT molecular complexity index is 1360. The molecular weight excluding hydrogens is 565 g/mol. The second-order valence-corrected chi connectivity index (χ2v) is 16.6. The van der Waals surface area contributed by atoms with Crippen LogP contribution in [-0.4, -0.2) is 30.3 Å². The van der Waals surface area contributed by atoms with Crippen LogP contribution < -0.4 is 5.32 Å². The van der Waals surface area contributed by atoms with E-state index in [1.807, 2.05) is 26.8 Å². The van der Waals surface area contributed by atoms with Crippen LogP contribution in [0.5, 0.6) is 0 Å². The van der Waals surface area contributed by atoms with Gasteiger partial charge in [0.25, 0.3) is 0 Å². The fourth-order valence-electron chi connectivity index (χ4n) is 9.43. The molecule has 4 rings (SSSR count). The Kier molecular flexibility index (Phi) is 9.54. The first-order chi connectivity index (χ1) is 20.7. The number of carbonyl (C=O) groups is 2. The van der Waals surface area contributed by atoms with Crippen LogP contribution in [0.3, 0.4) is 0 Å². The van der Waals surface area contributed by atoms with Crippen molar-refractivity contribution >= 4 is 17.6 Å². The minimum atomic E-state index is -0.668. The Balaban J connectivity index is 1.84. The molecule has 0 spiro atoms. The first kappa shape index (κ1) is 35.2.